The second-order valence-corrected chi connectivity index (χ2v) is 7.20. The van der Waals surface area contributed by atoms with E-state index in [2.05, 4.69) is 31.0 Å². The maximum Gasteiger partial charge on any atom is 0.226 e. The topological polar surface area (TPSA) is 43.8 Å². The molecule has 0 saturated heterocycles. The summed E-state index contributed by atoms with van der Waals surface area (Å²) in [6.07, 6.45) is 0.0766. The maximum atomic E-state index is 13.0. The molecule has 25 heavy (non-hydrogen) atoms. The van der Waals surface area contributed by atoms with Crippen LogP contribution in [0.25, 0.3) is 0 Å². The van der Waals surface area contributed by atoms with Crippen molar-refractivity contribution in [3.63, 3.8) is 0 Å². The highest BCUT2D eigenvalue weighted by Crippen LogP contribution is 2.29. The summed E-state index contributed by atoms with van der Waals surface area (Å²) >= 11 is 0. The van der Waals surface area contributed by atoms with E-state index in [9.17, 15) is 9.90 Å². The molecule has 1 N–H and O–H groups in total. The van der Waals surface area contributed by atoms with Gasteiger partial charge >= 0.3 is 0 Å². The van der Waals surface area contributed by atoms with Crippen molar-refractivity contribution in [1.82, 2.24) is 4.90 Å². The van der Waals surface area contributed by atoms with Gasteiger partial charge in [-0.15, -0.1) is 0 Å². The van der Waals surface area contributed by atoms with Gasteiger partial charge in [0, 0.05) is 31.9 Å². The van der Waals surface area contributed by atoms with Crippen molar-refractivity contribution >= 4 is 11.6 Å². The van der Waals surface area contributed by atoms with E-state index < -0.39 is 5.60 Å². The molecule has 2 aromatic rings. The van der Waals surface area contributed by atoms with E-state index in [0.29, 0.717) is 6.54 Å². The molecule has 0 saturated carbocycles. The van der Waals surface area contributed by atoms with Crippen molar-refractivity contribution < 1.29 is 9.90 Å². The van der Waals surface area contributed by atoms with Gasteiger partial charge in [-0.3, -0.25) is 4.79 Å². The van der Waals surface area contributed by atoms with E-state index in [1.54, 1.807) is 6.92 Å². The second-order valence-electron chi connectivity index (χ2n) is 7.20. The van der Waals surface area contributed by atoms with E-state index >= 15 is 0 Å². The molecule has 0 aliphatic carbocycles. The Morgan fingerprint density at radius 2 is 1.80 bits per heavy atom. The summed E-state index contributed by atoms with van der Waals surface area (Å²) in [6, 6.07) is 17.7. The van der Waals surface area contributed by atoms with Crippen LogP contribution in [0.1, 0.15) is 31.4 Å². The molecule has 0 bridgehead atoms. The average Bonchev–Trinajstić information content (AvgIpc) is 2.72. The molecule has 1 heterocycles. The molecule has 1 amide bonds. The number of amides is 1. The predicted octanol–water partition coefficient (Wildman–Crippen LogP) is 3.15. The maximum absolute atomic E-state index is 13.0. The molecule has 132 valence electrons. The largest absolute Gasteiger partial charge is 0.385 e. The van der Waals surface area contributed by atoms with Crippen LogP contribution in [-0.2, 0) is 16.9 Å². The number of carbonyl (C=O) groups excluding carboxylic acids is 1. The number of anilines is 1. The van der Waals surface area contributed by atoms with E-state index in [0.717, 1.165) is 17.7 Å². The van der Waals surface area contributed by atoms with Gasteiger partial charge in [0.15, 0.2) is 0 Å². The Kier molecular flexibility index (Phi) is 4.82. The van der Waals surface area contributed by atoms with Crippen molar-refractivity contribution in [3.8, 4) is 0 Å². The number of hydrogen-bond acceptors (Lipinski definition) is 3. The van der Waals surface area contributed by atoms with Crippen molar-refractivity contribution in [1.29, 1.82) is 0 Å². The highest BCUT2D eigenvalue weighted by molar-refractivity contribution is 5.78. The summed E-state index contributed by atoms with van der Waals surface area (Å²) in [5.41, 5.74) is 1.90. The number of likely N-dealkylation sites (N-methyl/N-ethyl adjacent to an activating group) is 1. The smallest absolute Gasteiger partial charge is 0.226 e. The molecule has 2 atom stereocenters. The lowest BCUT2D eigenvalue weighted by Gasteiger charge is -2.32. The van der Waals surface area contributed by atoms with Crippen LogP contribution < -0.4 is 4.90 Å². The fraction of sp³-hybridized carbons (Fsp3) is 0.381. The SMILES string of the molecule is CC1CN(C)c2ccccc2CN1C(=O)CC(C)(O)c1ccccc1. The van der Waals surface area contributed by atoms with Crippen LogP contribution >= 0.6 is 0 Å². The minimum Gasteiger partial charge on any atom is -0.385 e. The lowest BCUT2D eigenvalue weighted by Crippen LogP contribution is -2.44. The standard InChI is InChI=1S/C21H26N2O2/c1-16-14-22(3)19-12-8-7-9-17(19)15-23(16)20(24)13-21(2,25)18-10-5-4-6-11-18/h4-12,16,25H,13-15H2,1-3H3. The highest BCUT2D eigenvalue weighted by atomic mass is 16.3. The van der Waals surface area contributed by atoms with Crippen LogP contribution in [0, 0.1) is 0 Å². The number of nitrogens with zero attached hydrogens (tertiary/aromatic N) is 2. The number of fused-ring (bicyclic) bond motifs is 1. The van der Waals surface area contributed by atoms with E-state index in [4.69, 9.17) is 0 Å². The van der Waals surface area contributed by atoms with Crippen LogP contribution in [0.15, 0.2) is 54.6 Å². The summed E-state index contributed by atoms with van der Waals surface area (Å²) in [7, 11) is 2.06. The molecule has 4 heteroatoms. The summed E-state index contributed by atoms with van der Waals surface area (Å²) in [5.74, 6) is -0.0218. The van der Waals surface area contributed by atoms with Crippen molar-refractivity contribution in [2.24, 2.45) is 0 Å². The summed E-state index contributed by atoms with van der Waals surface area (Å²) < 4.78 is 0. The second kappa shape index (κ2) is 6.89. The zero-order valence-corrected chi connectivity index (χ0v) is 15.1. The van der Waals surface area contributed by atoms with Gasteiger partial charge in [-0.05, 0) is 31.0 Å². The monoisotopic (exact) mass is 338 g/mol. The number of benzene rings is 2. The molecular weight excluding hydrogens is 312 g/mol. The van der Waals surface area contributed by atoms with Crippen molar-refractivity contribution in [2.45, 2.75) is 38.5 Å². The number of hydrogen-bond donors (Lipinski definition) is 1. The number of para-hydroxylation sites is 1. The van der Waals surface area contributed by atoms with Gasteiger partial charge in [0.1, 0.15) is 0 Å². The molecule has 0 aromatic heterocycles. The first-order valence-electron chi connectivity index (χ1n) is 8.75. The molecule has 2 unspecified atom stereocenters. The molecule has 3 rings (SSSR count). The van der Waals surface area contributed by atoms with Gasteiger partial charge in [-0.2, -0.15) is 0 Å². The number of aliphatic hydroxyl groups is 1. The van der Waals surface area contributed by atoms with E-state index in [1.807, 2.05) is 47.4 Å². The molecule has 0 fully saturated rings. The van der Waals surface area contributed by atoms with Crippen molar-refractivity contribution in [2.75, 3.05) is 18.5 Å². The molecule has 0 spiro atoms. The van der Waals surface area contributed by atoms with Crippen LogP contribution in [0.4, 0.5) is 5.69 Å². The first-order chi connectivity index (χ1) is 11.9. The van der Waals surface area contributed by atoms with Gasteiger partial charge in [0.05, 0.1) is 12.0 Å². The molecule has 1 aliphatic heterocycles. The first-order valence-corrected chi connectivity index (χ1v) is 8.75. The lowest BCUT2D eigenvalue weighted by atomic mass is 9.91. The third-order valence-corrected chi connectivity index (χ3v) is 5.03. The number of carbonyl (C=O) groups is 1. The fourth-order valence-electron chi connectivity index (χ4n) is 3.58. The third-order valence-electron chi connectivity index (χ3n) is 5.03. The van der Waals surface area contributed by atoms with Gasteiger partial charge in [0.2, 0.25) is 5.91 Å². The van der Waals surface area contributed by atoms with E-state index in [-0.39, 0.29) is 18.4 Å². The predicted molar refractivity (Wildman–Crippen MR) is 100 cm³/mol. The van der Waals surface area contributed by atoms with Gasteiger partial charge < -0.3 is 14.9 Å². The quantitative estimate of drug-likeness (QED) is 0.935. The molecule has 4 nitrogen and oxygen atoms in total. The van der Waals surface area contributed by atoms with Crippen LogP contribution in [0.5, 0.6) is 0 Å². The molecule has 2 aromatic carbocycles. The molecular formula is C21H26N2O2. The first kappa shape index (κ1) is 17.5. The lowest BCUT2D eigenvalue weighted by molar-refractivity contribution is -0.138. The summed E-state index contributed by atoms with van der Waals surface area (Å²) in [4.78, 5) is 17.1. The van der Waals surface area contributed by atoms with Crippen LogP contribution in [-0.4, -0.2) is 35.5 Å². The summed E-state index contributed by atoms with van der Waals surface area (Å²) in [5, 5.41) is 10.8. The molecule has 1 aliphatic rings. The Morgan fingerprint density at radius 1 is 1.16 bits per heavy atom. The van der Waals surface area contributed by atoms with Gasteiger partial charge in [-0.1, -0.05) is 48.5 Å². The Bertz CT molecular complexity index is 743. The zero-order chi connectivity index (χ0) is 18.0. The third kappa shape index (κ3) is 3.69. The zero-order valence-electron chi connectivity index (χ0n) is 15.1. The summed E-state index contributed by atoms with van der Waals surface area (Å²) in [6.45, 7) is 5.13. The van der Waals surface area contributed by atoms with Crippen LogP contribution in [0.2, 0.25) is 0 Å². The minimum atomic E-state index is -1.17. The van der Waals surface area contributed by atoms with Gasteiger partial charge in [0.25, 0.3) is 0 Å². The Labute approximate surface area is 149 Å². The highest BCUT2D eigenvalue weighted by Gasteiger charge is 2.32. The number of rotatable bonds is 3. The Morgan fingerprint density at radius 3 is 2.52 bits per heavy atom. The normalized spacial score (nSPS) is 19.8. The Hall–Kier alpha value is -2.33. The molecule has 0 radical (unpaired) electrons. The van der Waals surface area contributed by atoms with Gasteiger partial charge in [-0.25, -0.2) is 0 Å². The Balaban J connectivity index is 1.82. The average molecular weight is 338 g/mol. The van der Waals surface area contributed by atoms with E-state index in [1.165, 1.54) is 5.69 Å². The fourth-order valence-corrected chi connectivity index (χ4v) is 3.58. The van der Waals surface area contributed by atoms with Crippen LogP contribution in [0.3, 0.4) is 0 Å². The minimum absolute atomic E-state index is 0.0218. The van der Waals surface area contributed by atoms with Crippen molar-refractivity contribution in [3.05, 3.63) is 65.7 Å².